The van der Waals surface area contributed by atoms with E-state index in [9.17, 15) is 0 Å². The molecule has 186 valence electrons. The first-order valence-corrected chi connectivity index (χ1v) is 13.1. The van der Waals surface area contributed by atoms with E-state index in [0.29, 0.717) is 0 Å². The molecule has 3 aromatic rings. The van der Waals surface area contributed by atoms with Crippen molar-refractivity contribution in [3.8, 4) is 0 Å². The molecule has 0 aliphatic heterocycles. The maximum absolute atomic E-state index is 3.10. The second-order valence-electron chi connectivity index (χ2n) is 8.29. The van der Waals surface area contributed by atoms with Crippen LogP contribution < -0.4 is 10.6 Å². The van der Waals surface area contributed by atoms with Crippen molar-refractivity contribution >= 4 is 23.1 Å². The van der Waals surface area contributed by atoms with Gasteiger partial charge >= 0.3 is 0 Å². The lowest BCUT2D eigenvalue weighted by Crippen LogP contribution is -2.26. The van der Waals surface area contributed by atoms with Crippen LogP contribution in [-0.2, 0) is 7.05 Å². The number of nitrogens with zero attached hydrogens (tertiary/aromatic N) is 1. The van der Waals surface area contributed by atoms with E-state index in [1.807, 2.05) is 44.2 Å². The van der Waals surface area contributed by atoms with E-state index in [1.54, 1.807) is 0 Å². The molecule has 1 aromatic heterocycles. The SMILES string of the molecule is CC.CC1=CCCC=C1.CCCC.Cc1ccccc1.Cn1c2c(c3ccccc31)=CC=C=CC=2. The van der Waals surface area contributed by atoms with Crippen molar-refractivity contribution in [2.45, 2.75) is 67.2 Å². The van der Waals surface area contributed by atoms with E-state index in [1.165, 1.54) is 58.3 Å². The summed E-state index contributed by atoms with van der Waals surface area (Å²) in [5.74, 6) is 0. The molecule has 0 saturated carbocycles. The fraction of sp³-hybridized carbons (Fsp3) is 0.324. The molecule has 0 radical (unpaired) electrons. The zero-order chi connectivity index (χ0) is 25.9. The number of aromatic nitrogens is 1. The lowest BCUT2D eigenvalue weighted by molar-refractivity contribution is 0.886. The molecule has 0 spiro atoms. The number of unbranched alkanes of at least 4 members (excludes halogenated alkanes) is 1. The normalized spacial score (nSPS) is 12.3. The van der Waals surface area contributed by atoms with Gasteiger partial charge in [-0.2, -0.15) is 0 Å². The Balaban J connectivity index is 0.000000258. The van der Waals surface area contributed by atoms with Gasteiger partial charge in [0.1, 0.15) is 0 Å². The highest BCUT2D eigenvalue weighted by molar-refractivity contribution is 5.83. The third-order valence-corrected chi connectivity index (χ3v) is 5.50. The fourth-order valence-electron chi connectivity index (χ4n) is 3.41. The first-order valence-electron chi connectivity index (χ1n) is 13.1. The number of hydrogen-bond acceptors (Lipinski definition) is 0. The summed E-state index contributed by atoms with van der Waals surface area (Å²) in [5, 5.41) is 3.84. The standard InChI is InChI=1S/C14H11N.C7H10.C7H8.C4H10.C2H6/c1-15-13-9-4-2-3-7-11(13)12-8-5-6-10-14(12)15;2*1-7-5-3-2-4-6-7;1-3-4-2;1-2/h3-10H,1H3;3,5-6H,2,4H2,1H3;2-6H,1H3;3-4H2,1-2H3;1-2H3. The second-order valence-corrected chi connectivity index (χ2v) is 8.29. The second kappa shape index (κ2) is 18.1. The van der Waals surface area contributed by atoms with E-state index in [-0.39, 0.29) is 0 Å². The van der Waals surface area contributed by atoms with Crippen LogP contribution in [0.1, 0.15) is 65.9 Å². The average Bonchev–Trinajstić information content (AvgIpc) is 3.05. The smallest absolute Gasteiger partial charge is 0.0495 e. The molecule has 0 atom stereocenters. The Morgan fingerprint density at radius 2 is 1.43 bits per heavy atom. The monoisotopic (exact) mass is 467 g/mol. The Kier molecular flexibility index (Phi) is 15.4. The summed E-state index contributed by atoms with van der Waals surface area (Å²) in [6.45, 7) is 12.6. The molecule has 2 aromatic carbocycles. The minimum atomic E-state index is 1.23. The minimum absolute atomic E-state index is 1.23. The highest BCUT2D eigenvalue weighted by Crippen LogP contribution is 2.07. The van der Waals surface area contributed by atoms with E-state index in [0.717, 1.165) is 0 Å². The topological polar surface area (TPSA) is 4.93 Å². The molecule has 1 heteroatoms. The quantitative estimate of drug-likeness (QED) is 0.316. The Morgan fingerprint density at radius 3 is 1.94 bits per heavy atom. The fourth-order valence-corrected chi connectivity index (χ4v) is 3.41. The lowest BCUT2D eigenvalue weighted by Gasteiger charge is -1.96. The van der Waals surface area contributed by atoms with E-state index < -0.39 is 0 Å². The number of benzene rings is 2. The van der Waals surface area contributed by atoms with Gasteiger partial charge in [-0.25, -0.2) is 0 Å². The Hall–Kier alpha value is -3.28. The van der Waals surface area contributed by atoms with E-state index >= 15 is 0 Å². The van der Waals surface area contributed by atoms with Crippen molar-refractivity contribution in [1.82, 2.24) is 4.57 Å². The number of aryl methyl sites for hydroxylation is 2. The summed E-state index contributed by atoms with van der Waals surface area (Å²) in [7, 11) is 2.10. The molecular formula is C34H45N. The molecule has 0 amide bonds. The Bertz CT molecular complexity index is 1220. The highest BCUT2D eigenvalue weighted by Gasteiger charge is 2.02. The van der Waals surface area contributed by atoms with Gasteiger partial charge in [0, 0.05) is 28.5 Å². The van der Waals surface area contributed by atoms with Gasteiger partial charge in [0.25, 0.3) is 0 Å². The zero-order valence-corrected chi connectivity index (χ0v) is 23.0. The first kappa shape index (κ1) is 29.8. The summed E-state index contributed by atoms with van der Waals surface area (Å²) in [5.41, 5.74) is 7.10. The van der Waals surface area contributed by atoms with Crippen LogP contribution in [0.25, 0.3) is 23.1 Å². The maximum atomic E-state index is 3.10. The van der Waals surface area contributed by atoms with Crippen LogP contribution in [0.5, 0.6) is 0 Å². The van der Waals surface area contributed by atoms with Crippen LogP contribution in [-0.4, -0.2) is 4.57 Å². The molecule has 0 saturated heterocycles. The van der Waals surface area contributed by atoms with Crippen LogP contribution in [0.4, 0.5) is 0 Å². The van der Waals surface area contributed by atoms with Crippen LogP contribution >= 0.6 is 0 Å². The summed E-state index contributed by atoms with van der Waals surface area (Å²) >= 11 is 0. The summed E-state index contributed by atoms with van der Waals surface area (Å²) < 4.78 is 2.22. The molecule has 35 heavy (non-hydrogen) atoms. The molecule has 0 bridgehead atoms. The molecule has 0 fully saturated rings. The van der Waals surface area contributed by atoms with Crippen molar-refractivity contribution in [3.63, 3.8) is 0 Å². The third-order valence-electron chi connectivity index (χ3n) is 5.50. The highest BCUT2D eigenvalue weighted by atomic mass is 14.9. The van der Waals surface area contributed by atoms with Gasteiger partial charge in [0.2, 0.25) is 0 Å². The Morgan fingerprint density at radius 1 is 0.800 bits per heavy atom. The number of fused-ring (bicyclic) bond motifs is 3. The molecule has 5 rings (SSSR count). The van der Waals surface area contributed by atoms with Gasteiger partial charge in [-0.1, -0.05) is 118 Å². The molecule has 0 N–H and O–H groups in total. The van der Waals surface area contributed by atoms with Crippen LogP contribution in [0.2, 0.25) is 0 Å². The van der Waals surface area contributed by atoms with E-state index in [2.05, 4.69) is 112 Å². The lowest BCUT2D eigenvalue weighted by atomic mass is 10.1. The van der Waals surface area contributed by atoms with E-state index in [4.69, 9.17) is 0 Å². The number of para-hydroxylation sites is 1. The molecule has 1 heterocycles. The average molecular weight is 468 g/mol. The largest absolute Gasteiger partial charge is 0.344 e. The minimum Gasteiger partial charge on any atom is -0.344 e. The predicted molar refractivity (Wildman–Crippen MR) is 159 cm³/mol. The van der Waals surface area contributed by atoms with Crippen molar-refractivity contribution in [2.24, 2.45) is 7.05 Å². The zero-order valence-electron chi connectivity index (χ0n) is 23.0. The van der Waals surface area contributed by atoms with Gasteiger partial charge in [-0.3, -0.25) is 0 Å². The van der Waals surface area contributed by atoms with Gasteiger partial charge < -0.3 is 4.57 Å². The van der Waals surface area contributed by atoms with Crippen molar-refractivity contribution in [2.75, 3.05) is 0 Å². The first-order chi connectivity index (χ1) is 17.1. The molecule has 2 aliphatic rings. The maximum Gasteiger partial charge on any atom is 0.0495 e. The van der Waals surface area contributed by atoms with Gasteiger partial charge in [-0.15, -0.1) is 5.73 Å². The van der Waals surface area contributed by atoms with Crippen LogP contribution in [0, 0.1) is 6.92 Å². The summed E-state index contributed by atoms with van der Waals surface area (Å²) in [6.07, 6.45) is 19.9. The van der Waals surface area contributed by atoms with Crippen molar-refractivity contribution < 1.29 is 0 Å². The third kappa shape index (κ3) is 10.7. The molecule has 2 aliphatic carbocycles. The number of hydrogen-bond donors (Lipinski definition) is 0. The van der Waals surface area contributed by atoms with Crippen molar-refractivity contribution in [3.05, 3.63) is 112 Å². The summed E-state index contributed by atoms with van der Waals surface area (Å²) in [6, 6.07) is 18.7. The van der Waals surface area contributed by atoms with Crippen LogP contribution in [0.3, 0.4) is 0 Å². The van der Waals surface area contributed by atoms with Gasteiger partial charge in [0.05, 0.1) is 0 Å². The Labute approximate surface area is 214 Å². The number of rotatable bonds is 1. The van der Waals surface area contributed by atoms with Crippen LogP contribution in [0.15, 0.2) is 96.3 Å². The van der Waals surface area contributed by atoms with Gasteiger partial charge in [-0.05, 0) is 57.1 Å². The summed E-state index contributed by atoms with van der Waals surface area (Å²) in [4.78, 5) is 0. The molecular weight excluding hydrogens is 422 g/mol. The van der Waals surface area contributed by atoms with Gasteiger partial charge in [0.15, 0.2) is 0 Å². The van der Waals surface area contributed by atoms with Crippen molar-refractivity contribution in [1.29, 1.82) is 0 Å². The number of allylic oxidation sites excluding steroid dienone is 5. The predicted octanol–water partition coefficient (Wildman–Crippen LogP) is 8.57. The molecule has 0 unspecified atom stereocenters. The molecule has 1 nitrogen and oxygen atoms in total.